The fraction of sp³-hybridized carbons (Fsp3) is 0.500. The summed E-state index contributed by atoms with van der Waals surface area (Å²) in [6.07, 6.45) is 7.91. The average Bonchev–Trinajstić information content (AvgIpc) is 2.30. The van der Waals surface area contributed by atoms with Gasteiger partial charge in [0, 0.05) is 16.9 Å². The summed E-state index contributed by atoms with van der Waals surface area (Å²) in [6, 6.07) is 1.82. The second kappa shape index (κ2) is 4.53. The van der Waals surface area contributed by atoms with Crippen LogP contribution in [0.2, 0.25) is 0 Å². The van der Waals surface area contributed by atoms with E-state index in [-0.39, 0.29) is 0 Å². The molecule has 0 radical (unpaired) electrons. The maximum Gasteiger partial charge on any atom is 0.314 e. The SMILES string of the molecule is O=C(O)C1(c2ccncc2Br)CCCCC1. The number of carboxylic acids is 1. The summed E-state index contributed by atoms with van der Waals surface area (Å²) in [5, 5.41) is 9.53. The van der Waals surface area contributed by atoms with Gasteiger partial charge in [-0.25, -0.2) is 0 Å². The predicted molar refractivity (Wildman–Crippen MR) is 64.3 cm³/mol. The first-order valence-electron chi connectivity index (χ1n) is 5.50. The number of hydrogen-bond donors (Lipinski definition) is 1. The molecule has 0 aromatic carbocycles. The van der Waals surface area contributed by atoms with Crippen molar-refractivity contribution in [3.8, 4) is 0 Å². The molecule has 1 aliphatic rings. The van der Waals surface area contributed by atoms with Gasteiger partial charge in [-0.05, 0) is 40.4 Å². The van der Waals surface area contributed by atoms with Crippen LogP contribution in [0.5, 0.6) is 0 Å². The van der Waals surface area contributed by atoms with Gasteiger partial charge in [-0.1, -0.05) is 19.3 Å². The first-order valence-corrected chi connectivity index (χ1v) is 6.29. The summed E-state index contributed by atoms with van der Waals surface area (Å²) < 4.78 is 0.805. The highest BCUT2D eigenvalue weighted by molar-refractivity contribution is 9.10. The maximum atomic E-state index is 11.6. The molecule has 86 valence electrons. The Bertz CT molecular complexity index is 400. The van der Waals surface area contributed by atoms with Gasteiger partial charge in [0.2, 0.25) is 0 Å². The molecule has 1 N–H and O–H groups in total. The molecular weight excluding hydrogens is 270 g/mol. The van der Waals surface area contributed by atoms with Crippen molar-refractivity contribution >= 4 is 21.9 Å². The Balaban J connectivity index is 2.47. The zero-order valence-corrected chi connectivity index (χ0v) is 10.5. The Morgan fingerprint density at radius 2 is 2.06 bits per heavy atom. The number of rotatable bonds is 2. The molecule has 0 atom stereocenters. The first kappa shape index (κ1) is 11.6. The van der Waals surface area contributed by atoms with E-state index in [0.717, 1.165) is 42.1 Å². The number of nitrogens with zero attached hydrogens (tertiary/aromatic N) is 1. The van der Waals surface area contributed by atoms with Crippen LogP contribution >= 0.6 is 15.9 Å². The molecule has 0 bridgehead atoms. The van der Waals surface area contributed by atoms with Crippen LogP contribution < -0.4 is 0 Å². The first-order chi connectivity index (χ1) is 7.67. The van der Waals surface area contributed by atoms with E-state index >= 15 is 0 Å². The van der Waals surface area contributed by atoms with Gasteiger partial charge in [-0.3, -0.25) is 9.78 Å². The minimum Gasteiger partial charge on any atom is -0.481 e. The lowest BCUT2D eigenvalue weighted by atomic mass is 9.70. The highest BCUT2D eigenvalue weighted by Crippen LogP contribution is 2.42. The molecule has 3 nitrogen and oxygen atoms in total. The number of hydrogen-bond acceptors (Lipinski definition) is 2. The third-order valence-corrected chi connectivity index (χ3v) is 4.04. The fourth-order valence-corrected chi connectivity index (χ4v) is 3.15. The molecule has 0 amide bonds. The van der Waals surface area contributed by atoms with Crippen LogP contribution in [0.1, 0.15) is 37.7 Å². The second-order valence-electron chi connectivity index (χ2n) is 4.30. The van der Waals surface area contributed by atoms with E-state index in [9.17, 15) is 9.90 Å². The Morgan fingerprint density at radius 1 is 1.38 bits per heavy atom. The van der Waals surface area contributed by atoms with Crippen LogP contribution in [-0.2, 0) is 10.2 Å². The summed E-state index contributed by atoms with van der Waals surface area (Å²) in [4.78, 5) is 15.6. The molecule has 16 heavy (non-hydrogen) atoms. The van der Waals surface area contributed by atoms with Crippen LogP contribution in [0.4, 0.5) is 0 Å². The standard InChI is InChI=1S/C12H14BrNO2/c13-10-8-14-7-4-9(10)12(11(15)16)5-2-1-3-6-12/h4,7-8H,1-3,5-6H2,(H,15,16). The molecule has 0 unspecified atom stereocenters. The van der Waals surface area contributed by atoms with Gasteiger partial charge in [0.25, 0.3) is 0 Å². The minimum absolute atomic E-state index is 0.708. The lowest BCUT2D eigenvalue weighted by Gasteiger charge is -2.34. The van der Waals surface area contributed by atoms with Gasteiger partial charge < -0.3 is 5.11 Å². The number of carbonyl (C=O) groups is 1. The smallest absolute Gasteiger partial charge is 0.314 e. The van der Waals surface area contributed by atoms with Crippen LogP contribution in [0.25, 0.3) is 0 Å². The number of carboxylic acid groups (broad SMARTS) is 1. The lowest BCUT2D eigenvalue weighted by Crippen LogP contribution is -2.38. The van der Waals surface area contributed by atoms with Crippen molar-refractivity contribution in [1.82, 2.24) is 4.98 Å². The van der Waals surface area contributed by atoms with Crippen molar-refractivity contribution in [2.24, 2.45) is 0 Å². The van der Waals surface area contributed by atoms with E-state index in [4.69, 9.17) is 0 Å². The second-order valence-corrected chi connectivity index (χ2v) is 5.16. The average molecular weight is 284 g/mol. The van der Waals surface area contributed by atoms with Gasteiger partial charge in [0.1, 0.15) is 0 Å². The van der Waals surface area contributed by atoms with E-state index in [2.05, 4.69) is 20.9 Å². The summed E-state index contributed by atoms with van der Waals surface area (Å²) in [6.45, 7) is 0. The molecule has 1 fully saturated rings. The Labute approximate surface area is 103 Å². The molecule has 0 saturated heterocycles. The quantitative estimate of drug-likeness (QED) is 0.907. The largest absolute Gasteiger partial charge is 0.481 e. The summed E-state index contributed by atoms with van der Waals surface area (Å²) in [7, 11) is 0. The molecule has 0 spiro atoms. The molecule has 2 rings (SSSR count). The summed E-state index contributed by atoms with van der Waals surface area (Å²) >= 11 is 3.41. The van der Waals surface area contributed by atoms with Crippen molar-refractivity contribution in [2.75, 3.05) is 0 Å². The Hall–Kier alpha value is -0.900. The van der Waals surface area contributed by atoms with Crippen molar-refractivity contribution < 1.29 is 9.90 Å². The third kappa shape index (κ3) is 1.86. The number of aliphatic carboxylic acids is 1. The number of pyridine rings is 1. The molecule has 4 heteroatoms. The van der Waals surface area contributed by atoms with Crippen LogP contribution in [-0.4, -0.2) is 16.1 Å². The molecule has 1 aromatic heterocycles. The van der Waals surface area contributed by atoms with E-state index in [1.165, 1.54) is 0 Å². The zero-order chi connectivity index (χ0) is 11.6. The maximum absolute atomic E-state index is 11.6. The van der Waals surface area contributed by atoms with Gasteiger partial charge in [-0.15, -0.1) is 0 Å². The van der Waals surface area contributed by atoms with Gasteiger partial charge in [0.15, 0.2) is 0 Å². The topological polar surface area (TPSA) is 50.2 Å². The fourth-order valence-electron chi connectivity index (χ4n) is 2.52. The summed E-state index contributed by atoms with van der Waals surface area (Å²) in [5.41, 5.74) is 0.162. The number of aromatic nitrogens is 1. The van der Waals surface area contributed by atoms with Crippen LogP contribution in [0.3, 0.4) is 0 Å². The van der Waals surface area contributed by atoms with Crippen molar-refractivity contribution in [3.63, 3.8) is 0 Å². The van der Waals surface area contributed by atoms with Crippen molar-refractivity contribution in [1.29, 1.82) is 0 Å². The molecule has 1 aliphatic carbocycles. The zero-order valence-electron chi connectivity index (χ0n) is 8.95. The lowest BCUT2D eigenvalue weighted by molar-refractivity contribution is -0.145. The van der Waals surface area contributed by atoms with E-state index in [0.29, 0.717) is 0 Å². The highest BCUT2D eigenvalue weighted by atomic mass is 79.9. The Morgan fingerprint density at radius 3 is 2.62 bits per heavy atom. The minimum atomic E-state index is -0.709. The van der Waals surface area contributed by atoms with E-state index in [1.807, 2.05) is 6.07 Å². The van der Waals surface area contributed by atoms with E-state index in [1.54, 1.807) is 12.4 Å². The molecular formula is C12H14BrNO2. The highest BCUT2D eigenvalue weighted by Gasteiger charge is 2.42. The van der Waals surface area contributed by atoms with Crippen LogP contribution in [0.15, 0.2) is 22.9 Å². The monoisotopic (exact) mass is 283 g/mol. The Kier molecular flexibility index (Phi) is 3.28. The van der Waals surface area contributed by atoms with Crippen molar-refractivity contribution in [2.45, 2.75) is 37.5 Å². The molecule has 0 aliphatic heterocycles. The van der Waals surface area contributed by atoms with Gasteiger partial charge in [-0.2, -0.15) is 0 Å². The predicted octanol–water partition coefficient (Wildman–Crippen LogP) is 3.13. The normalized spacial score (nSPS) is 19.3. The van der Waals surface area contributed by atoms with Gasteiger partial charge >= 0.3 is 5.97 Å². The third-order valence-electron chi connectivity index (χ3n) is 3.40. The molecule has 1 heterocycles. The van der Waals surface area contributed by atoms with E-state index < -0.39 is 11.4 Å². The van der Waals surface area contributed by atoms with Crippen LogP contribution in [0, 0.1) is 0 Å². The molecule has 1 aromatic rings. The summed E-state index contributed by atoms with van der Waals surface area (Å²) in [5.74, 6) is -0.709. The van der Waals surface area contributed by atoms with Crippen molar-refractivity contribution in [3.05, 3.63) is 28.5 Å². The number of halogens is 1. The molecule has 1 saturated carbocycles. The van der Waals surface area contributed by atoms with Gasteiger partial charge in [0.05, 0.1) is 5.41 Å².